The van der Waals surface area contributed by atoms with Gasteiger partial charge in [0.2, 0.25) is 15.9 Å². The van der Waals surface area contributed by atoms with Crippen molar-refractivity contribution in [1.29, 1.82) is 0 Å². The topological polar surface area (TPSA) is 69.7 Å². The SMILES string of the molecule is Cc1ccc(S(=O)(=O)N2CCC(C(=O)N3CCNC[C@@H]3C)CC2)cc1C. The van der Waals surface area contributed by atoms with Crippen molar-refractivity contribution in [3.63, 3.8) is 0 Å². The van der Waals surface area contributed by atoms with E-state index in [-0.39, 0.29) is 17.9 Å². The number of carbonyl (C=O) groups excluding carboxylic acids is 1. The molecule has 0 unspecified atom stereocenters. The van der Waals surface area contributed by atoms with Crippen molar-refractivity contribution >= 4 is 15.9 Å². The summed E-state index contributed by atoms with van der Waals surface area (Å²) in [6.45, 7) is 9.17. The number of hydrogen-bond donors (Lipinski definition) is 1. The molecule has 0 aromatic heterocycles. The van der Waals surface area contributed by atoms with E-state index in [1.165, 1.54) is 4.31 Å². The summed E-state index contributed by atoms with van der Waals surface area (Å²) in [5, 5.41) is 3.29. The summed E-state index contributed by atoms with van der Waals surface area (Å²) in [6.07, 6.45) is 1.19. The number of piperazine rings is 1. The zero-order valence-corrected chi connectivity index (χ0v) is 16.7. The minimum absolute atomic E-state index is 0.0678. The van der Waals surface area contributed by atoms with Gasteiger partial charge < -0.3 is 10.2 Å². The first-order valence-corrected chi connectivity index (χ1v) is 10.8. The molecular formula is C19H29N3O3S. The van der Waals surface area contributed by atoms with Crippen LogP contribution in [0.4, 0.5) is 0 Å². The Morgan fingerprint density at radius 1 is 1.12 bits per heavy atom. The second-order valence-electron chi connectivity index (χ2n) is 7.51. The zero-order valence-electron chi connectivity index (χ0n) is 15.9. The van der Waals surface area contributed by atoms with Crippen LogP contribution in [0.2, 0.25) is 0 Å². The Labute approximate surface area is 156 Å². The summed E-state index contributed by atoms with van der Waals surface area (Å²) < 4.78 is 27.3. The van der Waals surface area contributed by atoms with Gasteiger partial charge in [-0.1, -0.05) is 6.07 Å². The molecule has 1 aromatic carbocycles. The minimum atomic E-state index is -3.49. The average Bonchev–Trinajstić information content (AvgIpc) is 2.64. The van der Waals surface area contributed by atoms with E-state index >= 15 is 0 Å². The fraction of sp³-hybridized carbons (Fsp3) is 0.632. The number of nitrogens with zero attached hydrogens (tertiary/aromatic N) is 2. The van der Waals surface area contributed by atoms with E-state index in [1.807, 2.05) is 24.8 Å². The number of benzene rings is 1. The second kappa shape index (κ2) is 7.66. The predicted octanol–water partition coefficient (Wildman–Crippen LogP) is 1.52. The van der Waals surface area contributed by atoms with Gasteiger partial charge in [-0.05, 0) is 56.9 Å². The largest absolute Gasteiger partial charge is 0.337 e. The summed E-state index contributed by atoms with van der Waals surface area (Å²) in [6, 6.07) is 5.47. The molecule has 1 atom stereocenters. The number of carbonyl (C=O) groups is 1. The quantitative estimate of drug-likeness (QED) is 0.865. The van der Waals surface area contributed by atoms with Crippen LogP contribution < -0.4 is 5.32 Å². The lowest BCUT2D eigenvalue weighted by molar-refractivity contribution is -0.139. The summed E-state index contributed by atoms with van der Waals surface area (Å²) in [4.78, 5) is 15.1. The van der Waals surface area contributed by atoms with Crippen LogP contribution >= 0.6 is 0 Å². The molecular weight excluding hydrogens is 350 g/mol. The number of aryl methyl sites for hydroxylation is 2. The highest BCUT2D eigenvalue weighted by Crippen LogP contribution is 2.26. The first-order chi connectivity index (χ1) is 12.3. The van der Waals surface area contributed by atoms with Gasteiger partial charge in [0.05, 0.1) is 4.90 Å². The first kappa shape index (κ1) is 19.3. The van der Waals surface area contributed by atoms with Crippen LogP contribution in [0.3, 0.4) is 0 Å². The number of piperidine rings is 1. The molecule has 3 rings (SSSR count). The van der Waals surface area contributed by atoms with Gasteiger partial charge in [-0.2, -0.15) is 4.31 Å². The number of hydrogen-bond acceptors (Lipinski definition) is 4. The van der Waals surface area contributed by atoms with Gasteiger partial charge in [0.25, 0.3) is 0 Å². The van der Waals surface area contributed by atoms with Crippen LogP contribution in [0, 0.1) is 19.8 Å². The molecule has 2 saturated heterocycles. The van der Waals surface area contributed by atoms with Gasteiger partial charge in [-0.25, -0.2) is 8.42 Å². The Morgan fingerprint density at radius 2 is 1.81 bits per heavy atom. The number of amides is 1. The van der Waals surface area contributed by atoms with E-state index in [4.69, 9.17) is 0 Å². The van der Waals surface area contributed by atoms with Gasteiger partial charge in [0.1, 0.15) is 0 Å². The summed E-state index contributed by atoms with van der Waals surface area (Å²) in [5.41, 5.74) is 2.06. The molecule has 2 fully saturated rings. The third-order valence-electron chi connectivity index (χ3n) is 5.70. The van der Waals surface area contributed by atoms with Crippen LogP contribution in [0.5, 0.6) is 0 Å². The van der Waals surface area contributed by atoms with Crippen molar-refractivity contribution < 1.29 is 13.2 Å². The molecule has 2 aliphatic heterocycles. The Hall–Kier alpha value is -1.44. The Balaban J connectivity index is 1.65. The van der Waals surface area contributed by atoms with Crippen LogP contribution in [0.1, 0.15) is 30.9 Å². The van der Waals surface area contributed by atoms with E-state index < -0.39 is 10.0 Å². The maximum absolute atomic E-state index is 12.9. The van der Waals surface area contributed by atoms with E-state index in [9.17, 15) is 13.2 Å². The minimum Gasteiger partial charge on any atom is -0.337 e. The van der Waals surface area contributed by atoms with Crippen molar-refractivity contribution in [1.82, 2.24) is 14.5 Å². The van der Waals surface area contributed by atoms with Gasteiger partial charge >= 0.3 is 0 Å². The number of rotatable bonds is 3. The molecule has 0 spiro atoms. The molecule has 2 heterocycles. The zero-order chi connectivity index (χ0) is 18.9. The van der Waals surface area contributed by atoms with Crippen molar-refractivity contribution in [2.24, 2.45) is 5.92 Å². The van der Waals surface area contributed by atoms with Crippen LogP contribution in [0.15, 0.2) is 23.1 Å². The number of sulfonamides is 1. The summed E-state index contributed by atoms with van der Waals surface area (Å²) >= 11 is 0. The van der Waals surface area contributed by atoms with Gasteiger partial charge in [-0.3, -0.25) is 4.79 Å². The third kappa shape index (κ3) is 3.80. The summed E-state index contributed by atoms with van der Waals surface area (Å²) in [5.74, 6) is 0.115. The highest BCUT2D eigenvalue weighted by molar-refractivity contribution is 7.89. The first-order valence-electron chi connectivity index (χ1n) is 9.39. The second-order valence-corrected chi connectivity index (χ2v) is 9.45. The fourth-order valence-corrected chi connectivity index (χ4v) is 5.32. The highest BCUT2D eigenvalue weighted by atomic mass is 32.2. The van der Waals surface area contributed by atoms with Crippen molar-refractivity contribution in [3.05, 3.63) is 29.3 Å². The standard InChI is InChI=1S/C19H29N3O3S/c1-14-4-5-18(12-15(14)2)26(24,25)21-9-6-17(7-10-21)19(23)22-11-8-20-13-16(22)3/h4-5,12,16-17,20H,6-11,13H2,1-3H3/t16-/m0/s1. The molecule has 144 valence electrons. The van der Waals surface area contributed by atoms with E-state index in [0.29, 0.717) is 30.8 Å². The lowest BCUT2D eigenvalue weighted by atomic mass is 9.95. The number of nitrogens with one attached hydrogen (secondary N) is 1. The van der Waals surface area contributed by atoms with E-state index in [2.05, 4.69) is 12.2 Å². The molecule has 0 aliphatic carbocycles. The molecule has 1 N–H and O–H groups in total. The Kier molecular flexibility index (Phi) is 5.69. The lowest BCUT2D eigenvalue weighted by Crippen LogP contribution is -2.55. The molecule has 26 heavy (non-hydrogen) atoms. The highest BCUT2D eigenvalue weighted by Gasteiger charge is 2.35. The molecule has 0 bridgehead atoms. The third-order valence-corrected chi connectivity index (χ3v) is 7.60. The summed E-state index contributed by atoms with van der Waals surface area (Å²) in [7, 11) is -3.49. The fourth-order valence-electron chi connectivity index (χ4n) is 3.77. The van der Waals surface area contributed by atoms with E-state index in [1.54, 1.807) is 12.1 Å². The molecule has 6 nitrogen and oxygen atoms in total. The van der Waals surface area contributed by atoms with Crippen molar-refractivity contribution in [2.75, 3.05) is 32.7 Å². The van der Waals surface area contributed by atoms with Gasteiger partial charge in [0.15, 0.2) is 0 Å². The van der Waals surface area contributed by atoms with Crippen LogP contribution in [0.25, 0.3) is 0 Å². The maximum atomic E-state index is 12.9. The normalized spacial score (nSPS) is 23.2. The molecule has 1 aromatic rings. The van der Waals surface area contributed by atoms with Crippen molar-refractivity contribution in [3.8, 4) is 0 Å². The van der Waals surface area contributed by atoms with Gasteiger partial charge in [0, 0.05) is 44.7 Å². The monoisotopic (exact) mass is 379 g/mol. The molecule has 0 saturated carbocycles. The average molecular weight is 380 g/mol. The smallest absolute Gasteiger partial charge is 0.243 e. The molecule has 0 radical (unpaired) electrons. The van der Waals surface area contributed by atoms with Crippen LogP contribution in [-0.4, -0.2) is 62.3 Å². The Bertz CT molecular complexity index is 770. The maximum Gasteiger partial charge on any atom is 0.243 e. The lowest BCUT2D eigenvalue weighted by Gasteiger charge is -2.38. The molecule has 7 heteroatoms. The van der Waals surface area contributed by atoms with Crippen LogP contribution in [-0.2, 0) is 14.8 Å². The molecule has 1 amide bonds. The Morgan fingerprint density at radius 3 is 2.42 bits per heavy atom. The van der Waals surface area contributed by atoms with Crippen molar-refractivity contribution in [2.45, 2.75) is 44.6 Å². The molecule has 2 aliphatic rings. The van der Waals surface area contributed by atoms with E-state index in [0.717, 1.165) is 30.8 Å². The van der Waals surface area contributed by atoms with Gasteiger partial charge in [-0.15, -0.1) is 0 Å². The predicted molar refractivity (Wildman–Crippen MR) is 101 cm³/mol.